The molecule has 0 saturated carbocycles. The SMILES string of the molecule is CCC(=O)OC/C=C/CCOC(=O)CC. The highest BCUT2D eigenvalue weighted by Crippen LogP contribution is 1.90. The summed E-state index contributed by atoms with van der Waals surface area (Å²) in [5.41, 5.74) is 0. The van der Waals surface area contributed by atoms with Crippen LogP contribution in [0.15, 0.2) is 12.2 Å². The Kier molecular flexibility index (Phi) is 8.43. The van der Waals surface area contributed by atoms with Crippen molar-refractivity contribution >= 4 is 11.9 Å². The summed E-state index contributed by atoms with van der Waals surface area (Å²) in [7, 11) is 0. The van der Waals surface area contributed by atoms with E-state index in [1.807, 2.05) is 6.08 Å². The van der Waals surface area contributed by atoms with E-state index in [1.54, 1.807) is 19.9 Å². The maximum Gasteiger partial charge on any atom is 0.305 e. The van der Waals surface area contributed by atoms with Gasteiger partial charge in [-0.2, -0.15) is 0 Å². The lowest BCUT2D eigenvalue weighted by Crippen LogP contribution is -2.03. The summed E-state index contributed by atoms with van der Waals surface area (Å²) in [5, 5.41) is 0. The quantitative estimate of drug-likeness (QED) is 0.368. The second-order valence-corrected chi connectivity index (χ2v) is 2.87. The fraction of sp³-hybridized carbons (Fsp3) is 0.636. The summed E-state index contributed by atoms with van der Waals surface area (Å²) in [5.74, 6) is -0.405. The Bertz CT molecular complexity index is 221. The Labute approximate surface area is 90.2 Å². The van der Waals surface area contributed by atoms with Crippen LogP contribution in [0.5, 0.6) is 0 Å². The number of ether oxygens (including phenoxy) is 2. The van der Waals surface area contributed by atoms with E-state index in [4.69, 9.17) is 9.47 Å². The molecule has 86 valence electrons. The topological polar surface area (TPSA) is 52.6 Å². The minimum Gasteiger partial charge on any atom is -0.465 e. The zero-order valence-electron chi connectivity index (χ0n) is 9.32. The van der Waals surface area contributed by atoms with Crippen LogP contribution in [0.4, 0.5) is 0 Å². The van der Waals surface area contributed by atoms with Gasteiger partial charge in [0.1, 0.15) is 6.61 Å². The van der Waals surface area contributed by atoms with Gasteiger partial charge in [0.25, 0.3) is 0 Å². The summed E-state index contributed by atoms with van der Waals surface area (Å²) < 4.78 is 9.65. The molecule has 0 spiro atoms. The second-order valence-electron chi connectivity index (χ2n) is 2.87. The van der Waals surface area contributed by atoms with Crippen molar-refractivity contribution in [3.05, 3.63) is 12.2 Å². The van der Waals surface area contributed by atoms with Gasteiger partial charge < -0.3 is 9.47 Å². The normalized spacial score (nSPS) is 10.3. The third kappa shape index (κ3) is 9.00. The molecule has 0 heterocycles. The summed E-state index contributed by atoms with van der Waals surface area (Å²) >= 11 is 0. The van der Waals surface area contributed by atoms with E-state index in [0.717, 1.165) is 0 Å². The zero-order valence-corrected chi connectivity index (χ0v) is 9.32. The van der Waals surface area contributed by atoms with Crippen molar-refractivity contribution in [1.82, 2.24) is 0 Å². The standard InChI is InChI=1S/C11H18O4/c1-3-10(12)14-8-6-5-7-9-15-11(13)4-2/h5-6H,3-4,7-9H2,1-2H3/b6-5+. The van der Waals surface area contributed by atoms with Gasteiger partial charge in [0.15, 0.2) is 0 Å². The van der Waals surface area contributed by atoms with Gasteiger partial charge in [-0.05, 0) is 6.42 Å². The van der Waals surface area contributed by atoms with Crippen LogP contribution in [0.3, 0.4) is 0 Å². The highest BCUT2D eigenvalue weighted by molar-refractivity contribution is 5.69. The summed E-state index contributed by atoms with van der Waals surface area (Å²) in [6.07, 6.45) is 5.01. The van der Waals surface area contributed by atoms with Gasteiger partial charge in [0.2, 0.25) is 0 Å². The third-order valence-electron chi connectivity index (χ3n) is 1.63. The number of carbonyl (C=O) groups excluding carboxylic acids is 2. The van der Waals surface area contributed by atoms with Crippen molar-refractivity contribution in [2.75, 3.05) is 13.2 Å². The molecule has 4 nitrogen and oxygen atoms in total. The molecule has 0 N–H and O–H groups in total. The van der Waals surface area contributed by atoms with Gasteiger partial charge in [-0.1, -0.05) is 26.0 Å². The Morgan fingerprint density at radius 3 is 2.20 bits per heavy atom. The van der Waals surface area contributed by atoms with Crippen molar-refractivity contribution in [1.29, 1.82) is 0 Å². The molecule has 0 aromatic carbocycles. The van der Waals surface area contributed by atoms with Gasteiger partial charge in [-0.15, -0.1) is 0 Å². The number of hydrogen-bond donors (Lipinski definition) is 0. The maximum atomic E-state index is 10.7. The number of rotatable bonds is 7. The highest BCUT2D eigenvalue weighted by atomic mass is 16.5. The van der Waals surface area contributed by atoms with Gasteiger partial charge in [0, 0.05) is 12.8 Å². The number of carbonyl (C=O) groups is 2. The largest absolute Gasteiger partial charge is 0.465 e. The Morgan fingerprint density at radius 1 is 1.00 bits per heavy atom. The fourth-order valence-corrected chi connectivity index (χ4v) is 0.772. The smallest absolute Gasteiger partial charge is 0.305 e. The van der Waals surface area contributed by atoms with Crippen molar-refractivity contribution in [2.45, 2.75) is 33.1 Å². The molecule has 0 amide bonds. The predicted molar refractivity (Wildman–Crippen MR) is 56.3 cm³/mol. The van der Waals surface area contributed by atoms with E-state index in [-0.39, 0.29) is 18.5 Å². The van der Waals surface area contributed by atoms with Crippen molar-refractivity contribution in [3.63, 3.8) is 0 Å². The zero-order chi connectivity index (χ0) is 11.5. The Morgan fingerprint density at radius 2 is 1.60 bits per heavy atom. The molecular weight excluding hydrogens is 196 g/mol. The molecule has 0 aliphatic carbocycles. The Balaban J connectivity index is 3.32. The molecule has 0 atom stereocenters. The van der Waals surface area contributed by atoms with E-state index in [0.29, 0.717) is 25.9 Å². The van der Waals surface area contributed by atoms with Crippen molar-refractivity contribution in [2.24, 2.45) is 0 Å². The van der Waals surface area contributed by atoms with Crippen LogP contribution in [0.25, 0.3) is 0 Å². The first-order chi connectivity index (χ1) is 7.20. The van der Waals surface area contributed by atoms with E-state index in [9.17, 15) is 9.59 Å². The summed E-state index contributed by atoms with van der Waals surface area (Å²) in [6.45, 7) is 4.16. The van der Waals surface area contributed by atoms with E-state index in [1.165, 1.54) is 0 Å². The van der Waals surface area contributed by atoms with E-state index >= 15 is 0 Å². The van der Waals surface area contributed by atoms with Crippen LogP contribution in [0.2, 0.25) is 0 Å². The maximum absolute atomic E-state index is 10.7. The van der Waals surface area contributed by atoms with Crippen molar-refractivity contribution in [3.8, 4) is 0 Å². The number of hydrogen-bond acceptors (Lipinski definition) is 4. The average Bonchev–Trinajstić information content (AvgIpc) is 2.26. The van der Waals surface area contributed by atoms with Gasteiger partial charge >= 0.3 is 11.9 Å². The molecule has 0 bridgehead atoms. The lowest BCUT2D eigenvalue weighted by Gasteiger charge is -1.99. The van der Waals surface area contributed by atoms with Crippen molar-refractivity contribution < 1.29 is 19.1 Å². The van der Waals surface area contributed by atoms with Crippen LogP contribution >= 0.6 is 0 Å². The first-order valence-corrected chi connectivity index (χ1v) is 5.16. The summed E-state index contributed by atoms with van der Waals surface area (Å²) in [6, 6.07) is 0. The highest BCUT2D eigenvalue weighted by Gasteiger charge is 1.95. The van der Waals surface area contributed by atoms with Crippen LogP contribution in [-0.4, -0.2) is 25.2 Å². The minimum absolute atomic E-state index is 0.194. The molecule has 0 radical (unpaired) electrons. The van der Waals surface area contributed by atoms with Gasteiger partial charge in [-0.3, -0.25) is 9.59 Å². The monoisotopic (exact) mass is 214 g/mol. The summed E-state index contributed by atoms with van der Waals surface area (Å²) in [4.78, 5) is 21.4. The molecule has 0 fully saturated rings. The molecule has 0 aliphatic heterocycles. The van der Waals surface area contributed by atoms with Gasteiger partial charge in [-0.25, -0.2) is 0 Å². The molecule has 0 unspecified atom stereocenters. The van der Waals surface area contributed by atoms with Crippen LogP contribution in [0, 0.1) is 0 Å². The van der Waals surface area contributed by atoms with E-state index in [2.05, 4.69) is 0 Å². The molecule has 0 aromatic heterocycles. The molecular formula is C11H18O4. The predicted octanol–water partition coefficient (Wildman–Crippen LogP) is 1.84. The van der Waals surface area contributed by atoms with Crippen LogP contribution in [-0.2, 0) is 19.1 Å². The molecule has 4 heteroatoms. The molecule has 15 heavy (non-hydrogen) atoms. The van der Waals surface area contributed by atoms with Crippen LogP contribution < -0.4 is 0 Å². The average molecular weight is 214 g/mol. The molecule has 0 saturated heterocycles. The fourth-order valence-electron chi connectivity index (χ4n) is 0.772. The molecule has 0 aliphatic rings. The first-order valence-electron chi connectivity index (χ1n) is 5.16. The lowest BCUT2D eigenvalue weighted by atomic mass is 10.4. The number of esters is 2. The Hall–Kier alpha value is -1.32. The lowest BCUT2D eigenvalue weighted by molar-refractivity contribution is -0.143. The van der Waals surface area contributed by atoms with Crippen LogP contribution in [0.1, 0.15) is 33.1 Å². The molecule has 0 aromatic rings. The minimum atomic E-state index is -0.211. The second kappa shape index (κ2) is 9.24. The van der Waals surface area contributed by atoms with E-state index < -0.39 is 0 Å². The molecule has 0 rings (SSSR count). The van der Waals surface area contributed by atoms with Gasteiger partial charge in [0.05, 0.1) is 6.61 Å². The first kappa shape index (κ1) is 13.7. The third-order valence-corrected chi connectivity index (χ3v) is 1.63.